The Morgan fingerprint density at radius 1 is 1.30 bits per heavy atom. The van der Waals surface area contributed by atoms with Gasteiger partial charge in [-0.2, -0.15) is 0 Å². The average Bonchev–Trinajstić information content (AvgIpc) is 3.10. The number of thiocarbonyl (C=S) groups is 1. The number of ether oxygens (including phenoxy) is 1. The molecule has 0 amide bonds. The minimum atomic E-state index is -0.241. The highest BCUT2D eigenvalue weighted by atomic mass is 32.1. The summed E-state index contributed by atoms with van der Waals surface area (Å²) in [6.07, 6.45) is 0.966. The van der Waals surface area contributed by atoms with Crippen molar-refractivity contribution in [3.05, 3.63) is 42.5 Å². The van der Waals surface area contributed by atoms with Crippen molar-refractivity contribution in [2.45, 2.75) is 12.8 Å². The number of hydrogen-bond acceptors (Lipinski definition) is 6. The third-order valence-corrected chi connectivity index (χ3v) is 5.17. The second kappa shape index (κ2) is 8.79. The molecule has 8 heteroatoms. The van der Waals surface area contributed by atoms with E-state index in [1.165, 1.54) is 18.4 Å². The van der Waals surface area contributed by atoms with E-state index in [0.717, 1.165) is 20.9 Å². The van der Waals surface area contributed by atoms with Crippen LogP contribution in [0.2, 0.25) is 0 Å². The predicted molar refractivity (Wildman–Crippen MR) is 112 cm³/mol. The van der Waals surface area contributed by atoms with Crippen molar-refractivity contribution in [3.8, 4) is 16.3 Å². The zero-order valence-electron chi connectivity index (χ0n) is 14.7. The number of fused-ring (bicyclic) bond motifs is 1. The third kappa shape index (κ3) is 4.93. The number of rotatable bonds is 6. The number of methoxy groups -OCH3 is 1. The molecular formula is C19H19N3O3S2. The first-order chi connectivity index (χ1) is 13.1. The van der Waals surface area contributed by atoms with Crippen LogP contribution in [0.15, 0.2) is 42.5 Å². The lowest BCUT2D eigenvalue weighted by Gasteiger charge is -2.11. The van der Waals surface area contributed by atoms with Gasteiger partial charge in [-0.15, -0.1) is 11.3 Å². The van der Waals surface area contributed by atoms with Crippen LogP contribution >= 0.6 is 23.6 Å². The molecule has 0 aliphatic heterocycles. The van der Waals surface area contributed by atoms with Gasteiger partial charge in [-0.05, 0) is 49.0 Å². The Morgan fingerprint density at radius 3 is 2.89 bits per heavy atom. The molecule has 0 aliphatic rings. The van der Waals surface area contributed by atoms with E-state index in [4.69, 9.17) is 12.2 Å². The first kappa shape index (κ1) is 19.1. The number of benzene rings is 2. The number of thiazole rings is 1. The monoisotopic (exact) mass is 401 g/mol. The molecule has 0 saturated carbocycles. The molecule has 2 aromatic carbocycles. The van der Waals surface area contributed by atoms with Gasteiger partial charge in [0.25, 0.3) is 0 Å². The molecule has 0 saturated heterocycles. The zero-order chi connectivity index (χ0) is 19.2. The molecular weight excluding hydrogens is 382 g/mol. The summed E-state index contributed by atoms with van der Waals surface area (Å²) in [5, 5.41) is 17.6. The minimum absolute atomic E-state index is 0.163. The van der Waals surface area contributed by atoms with Crippen LogP contribution < -0.4 is 10.6 Å². The number of aromatic hydroxyl groups is 1. The summed E-state index contributed by atoms with van der Waals surface area (Å²) in [5.74, 6) is -0.0775. The van der Waals surface area contributed by atoms with E-state index < -0.39 is 0 Å². The second-order valence-electron chi connectivity index (χ2n) is 5.78. The largest absolute Gasteiger partial charge is 0.507 e. The van der Waals surface area contributed by atoms with E-state index in [1.807, 2.05) is 30.3 Å². The van der Waals surface area contributed by atoms with Crippen molar-refractivity contribution in [2.24, 2.45) is 0 Å². The van der Waals surface area contributed by atoms with Crippen LogP contribution in [0.1, 0.15) is 12.8 Å². The van der Waals surface area contributed by atoms with Crippen LogP contribution in [0.25, 0.3) is 20.8 Å². The molecule has 3 aromatic rings. The maximum atomic E-state index is 11.1. The quantitative estimate of drug-likeness (QED) is 0.250. The van der Waals surface area contributed by atoms with Gasteiger partial charge in [-0.25, -0.2) is 4.98 Å². The number of carbonyl (C=O) groups is 1. The van der Waals surface area contributed by atoms with Crippen molar-refractivity contribution >= 4 is 50.5 Å². The maximum Gasteiger partial charge on any atom is 0.305 e. The van der Waals surface area contributed by atoms with Crippen LogP contribution in [0.3, 0.4) is 0 Å². The van der Waals surface area contributed by atoms with Gasteiger partial charge in [0.1, 0.15) is 10.8 Å². The molecule has 6 nitrogen and oxygen atoms in total. The normalized spacial score (nSPS) is 10.6. The highest BCUT2D eigenvalue weighted by Gasteiger charge is 2.11. The van der Waals surface area contributed by atoms with E-state index in [0.29, 0.717) is 30.1 Å². The highest BCUT2D eigenvalue weighted by Crippen LogP contribution is 2.36. The van der Waals surface area contributed by atoms with Gasteiger partial charge in [0.2, 0.25) is 0 Å². The van der Waals surface area contributed by atoms with Gasteiger partial charge in [0, 0.05) is 18.7 Å². The van der Waals surface area contributed by atoms with Crippen LogP contribution in [0, 0.1) is 0 Å². The van der Waals surface area contributed by atoms with E-state index in [-0.39, 0.29) is 11.7 Å². The number of nitrogens with one attached hydrogen (secondary N) is 2. The number of hydrogen-bond donors (Lipinski definition) is 3. The summed E-state index contributed by atoms with van der Waals surface area (Å²) in [7, 11) is 1.37. The number of anilines is 1. The number of phenolic OH excluding ortho intramolecular Hbond substituents is 1. The molecule has 27 heavy (non-hydrogen) atoms. The smallest absolute Gasteiger partial charge is 0.305 e. The summed E-state index contributed by atoms with van der Waals surface area (Å²) in [6, 6.07) is 13.0. The van der Waals surface area contributed by atoms with Gasteiger partial charge < -0.3 is 20.5 Å². The van der Waals surface area contributed by atoms with Crippen LogP contribution in [-0.4, -0.2) is 34.8 Å². The van der Waals surface area contributed by atoms with Gasteiger partial charge in [-0.3, -0.25) is 4.79 Å². The Kier molecular flexibility index (Phi) is 6.20. The molecule has 0 fully saturated rings. The fourth-order valence-corrected chi connectivity index (χ4v) is 3.70. The standard InChI is InChI=1S/C19H19N3O3S2/c1-25-17(24)7-4-10-20-19(26)21-12-8-9-15(23)13(11-12)18-22-14-5-2-3-6-16(14)27-18/h2-3,5-6,8-9,11,23H,4,7,10H2,1H3,(H2,20,21,26). The molecule has 0 bridgehead atoms. The number of carbonyl (C=O) groups excluding carboxylic acids is 1. The Morgan fingerprint density at radius 2 is 2.11 bits per heavy atom. The van der Waals surface area contributed by atoms with Crippen LogP contribution in [-0.2, 0) is 9.53 Å². The fraction of sp³-hybridized carbons (Fsp3) is 0.211. The lowest BCUT2D eigenvalue weighted by Crippen LogP contribution is -2.29. The summed E-state index contributed by atoms with van der Waals surface area (Å²) in [6.45, 7) is 0.559. The van der Waals surface area contributed by atoms with Crippen molar-refractivity contribution < 1.29 is 14.6 Å². The van der Waals surface area contributed by atoms with Gasteiger partial charge in [0.15, 0.2) is 5.11 Å². The summed E-state index contributed by atoms with van der Waals surface area (Å²) < 4.78 is 5.66. The molecule has 0 radical (unpaired) electrons. The van der Waals surface area contributed by atoms with E-state index >= 15 is 0 Å². The second-order valence-corrected chi connectivity index (χ2v) is 7.22. The first-order valence-corrected chi connectivity index (χ1v) is 9.60. The fourth-order valence-electron chi connectivity index (χ4n) is 2.48. The predicted octanol–water partition coefficient (Wildman–Crippen LogP) is 3.91. The number of aromatic nitrogens is 1. The van der Waals surface area contributed by atoms with Crippen molar-refractivity contribution in [3.63, 3.8) is 0 Å². The van der Waals surface area contributed by atoms with Crippen LogP contribution in [0.4, 0.5) is 5.69 Å². The molecule has 0 atom stereocenters. The topological polar surface area (TPSA) is 83.5 Å². The number of para-hydroxylation sites is 1. The molecule has 0 aliphatic carbocycles. The molecule has 1 aromatic heterocycles. The van der Waals surface area contributed by atoms with E-state index in [9.17, 15) is 9.90 Å². The molecule has 0 unspecified atom stereocenters. The Labute approximate surface area is 166 Å². The number of phenols is 1. The Hall–Kier alpha value is -2.71. The minimum Gasteiger partial charge on any atom is -0.507 e. The van der Waals surface area contributed by atoms with Gasteiger partial charge in [0.05, 0.1) is 22.9 Å². The van der Waals surface area contributed by atoms with Crippen molar-refractivity contribution in [1.82, 2.24) is 10.3 Å². The lowest BCUT2D eigenvalue weighted by molar-refractivity contribution is -0.140. The SMILES string of the molecule is COC(=O)CCCNC(=S)Nc1ccc(O)c(-c2nc3ccccc3s2)c1. The molecule has 3 N–H and O–H groups in total. The molecule has 0 spiro atoms. The Balaban J connectivity index is 1.66. The number of nitrogens with zero attached hydrogens (tertiary/aromatic N) is 1. The van der Waals surface area contributed by atoms with Crippen molar-refractivity contribution in [1.29, 1.82) is 0 Å². The molecule has 3 rings (SSSR count). The third-order valence-electron chi connectivity index (χ3n) is 3.85. The summed E-state index contributed by atoms with van der Waals surface area (Å²) in [5.41, 5.74) is 2.29. The Bertz CT molecular complexity index is 939. The number of esters is 1. The zero-order valence-corrected chi connectivity index (χ0v) is 16.3. The van der Waals surface area contributed by atoms with Crippen LogP contribution in [0.5, 0.6) is 5.75 Å². The average molecular weight is 402 g/mol. The lowest BCUT2D eigenvalue weighted by atomic mass is 10.2. The van der Waals surface area contributed by atoms with Crippen molar-refractivity contribution in [2.75, 3.05) is 19.0 Å². The highest BCUT2D eigenvalue weighted by molar-refractivity contribution is 7.80. The summed E-state index contributed by atoms with van der Waals surface area (Å²) in [4.78, 5) is 15.7. The first-order valence-electron chi connectivity index (χ1n) is 8.37. The van der Waals surface area contributed by atoms with E-state index in [1.54, 1.807) is 12.1 Å². The molecule has 140 valence electrons. The summed E-state index contributed by atoms with van der Waals surface area (Å²) >= 11 is 6.80. The molecule has 1 heterocycles. The maximum absolute atomic E-state index is 11.1. The van der Waals surface area contributed by atoms with Gasteiger partial charge >= 0.3 is 5.97 Å². The van der Waals surface area contributed by atoms with Gasteiger partial charge in [-0.1, -0.05) is 12.1 Å². The van der Waals surface area contributed by atoms with E-state index in [2.05, 4.69) is 20.4 Å².